The number of aromatic nitrogens is 4. The zero-order valence-corrected chi connectivity index (χ0v) is 36.1. The number of hydrogen-bond donors (Lipinski definition) is 0. The normalized spacial score (nSPS) is 13.2. The number of pyridine rings is 1. The van der Waals surface area contributed by atoms with Crippen LogP contribution in [0.15, 0.2) is 109 Å². The Kier molecular flexibility index (Phi) is 9.42. The average Bonchev–Trinajstić information content (AvgIpc) is 3.72. The van der Waals surface area contributed by atoms with Crippen LogP contribution >= 0.6 is 0 Å². The van der Waals surface area contributed by atoms with Gasteiger partial charge in [-0.3, -0.25) is 4.57 Å². The van der Waals surface area contributed by atoms with Gasteiger partial charge in [0, 0.05) is 51.0 Å². The Morgan fingerprint density at radius 2 is 1.18 bits per heavy atom. The van der Waals surface area contributed by atoms with Crippen molar-refractivity contribution in [2.75, 3.05) is 0 Å². The molecular formula is C51H60N4O. The number of benzene rings is 4. The lowest BCUT2D eigenvalue weighted by Crippen LogP contribution is -2.19. The summed E-state index contributed by atoms with van der Waals surface area (Å²) in [6.45, 7) is 31.6. The Bertz CT molecular complexity index is 2560. The van der Waals surface area contributed by atoms with Gasteiger partial charge in [0.05, 0.1) is 22.4 Å². The fourth-order valence-corrected chi connectivity index (χ4v) is 7.54. The van der Waals surface area contributed by atoms with Crippen molar-refractivity contribution in [1.82, 2.24) is 19.3 Å². The fourth-order valence-electron chi connectivity index (χ4n) is 7.54. The molecule has 0 fully saturated rings. The first-order chi connectivity index (χ1) is 26.0. The van der Waals surface area contributed by atoms with Crippen LogP contribution in [0.3, 0.4) is 0 Å². The van der Waals surface area contributed by atoms with E-state index in [2.05, 4.69) is 209 Å². The van der Waals surface area contributed by atoms with E-state index in [4.69, 9.17) is 14.8 Å². The largest absolute Gasteiger partial charge is 0.457 e. The van der Waals surface area contributed by atoms with E-state index in [1.54, 1.807) is 0 Å². The van der Waals surface area contributed by atoms with Crippen molar-refractivity contribution in [3.05, 3.63) is 143 Å². The van der Waals surface area contributed by atoms with E-state index < -0.39 is 0 Å². The number of hydrogen-bond acceptors (Lipinski definition) is 3. The Labute approximate surface area is 334 Å². The van der Waals surface area contributed by atoms with E-state index in [-0.39, 0.29) is 27.1 Å². The first kappa shape index (κ1) is 39.1. The molecule has 0 aliphatic heterocycles. The summed E-state index contributed by atoms with van der Waals surface area (Å²) in [6, 6.07) is 37.3. The highest BCUT2D eigenvalue weighted by Gasteiger charge is 2.29. The minimum absolute atomic E-state index is 0.00833. The quantitative estimate of drug-likeness (QED) is 0.170. The van der Waals surface area contributed by atoms with Gasteiger partial charge in [0.25, 0.3) is 0 Å². The molecule has 0 radical (unpaired) electrons. The molecule has 0 unspecified atom stereocenters. The Morgan fingerprint density at radius 3 is 1.82 bits per heavy atom. The van der Waals surface area contributed by atoms with Gasteiger partial charge in [0.2, 0.25) is 0 Å². The fraction of sp³-hybridized carbons (Fsp3) is 0.373. The third-order valence-corrected chi connectivity index (χ3v) is 11.3. The van der Waals surface area contributed by atoms with Crippen LogP contribution in [0.4, 0.5) is 0 Å². The molecule has 56 heavy (non-hydrogen) atoms. The second-order valence-electron chi connectivity index (χ2n) is 20.3. The van der Waals surface area contributed by atoms with Gasteiger partial charge < -0.3 is 4.74 Å². The summed E-state index contributed by atoms with van der Waals surface area (Å²) in [5, 5.41) is 7.59. The molecule has 3 heterocycles. The summed E-state index contributed by atoms with van der Waals surface area (Å²) in [7, 11) is 0. The lowest BCUT2D eigenvalue weighted by atomic mass is 9.78. The van der Waals surface area contributed by atoms with Gasteiger partial charge in [-0.2, -0.15) is 5.10 Å². The molecule has 0 aliphatic rings. The maximum atomic E-state index is 6.91. The molecular weight excluding hydrogens is 685 g/mol. The number of fused-ring (bicyclic) bond motifs is 3. The lowest BCUT2D eigenvalue weighted by Gasteiger charge is -2.26. The Balaban J connectivity index is 1.40. The van der Waals surface area contributed by atoms with Crippen LogP contribution in [0.2, 0.25) is 0 Å². The first-order valence-electron chi connectivity index (χ1n) is 20.1. The molecule has 0 amide bonds. The zero-order valence-electron chi connectivity index (χ0n) is 36.1. The highest BCUT2D eigenvalue weighted by molar-refractivity contribution is 6.09. The topological polar surface area (TPSA) is 44.9 Å². The first-order valence-corrected chi connectivity index (χ1v) is 20.1. The van der Waals surface area contributed by atoms with Crippen LogP contribution < -0.4 is 4.74 Å². The van der Waals surface area contributed by atoms with E-state index in [0.717, 1.165) is 45.1 Å². The second kappa shape index (κ2) is 13.5. The summed E-state index contributed by atoms with van der Waals surface area (Å²) in [5.74, 6) is 2.43. The molecule has 4 aromatic carbocycles. The smallest absolute Gasteiger partial charge is 0.137 e. The maximum absolute atomic E-state index is 6.91. The molecule has 290 valence electrons. The highest BCUT2D eigenvalue weighted by atomic mass is 16.5. The van der Waals surface area contributed by atoms with Crippen molar-refractivity contribution in [2.24, 2.45) is 0 Å². The molecule has 0 saturated carbocycles. The van der Waals surface area contributed by atoms with Crippen molar-refractivity contribution in [1.29, 1.82) is 0 Å². The molecule has 3 aromatic heterocycles. The third-order valence-electron chi connectivity index (χ3n) is 11.3. The average molecular weight is 745 g/mol. The van der Waals surface area contributed by atoms with Gasteiger partial charge in [0.1, 0.15) is 17.3 Å². The Morgan fingerprint density at radius 1 is 0.482 bits per heavy atom. The van der Waals surface area contributed by atoms with Crippen molar-refractivity contribution in [2.45, 2.75) is 124 Å². The summed E-state index contributed by atoms with van der Waals surface area (Å²) >= 11 is 0. The number of nitrogens with zero attached hydrogens (tertiary/aromatic N) is 4. The summed E-state index contributed by atoms with van der Waals surface area (Å²) < 4.78 is 11.3. The van der Waals surface area contributed by atoms with Crippen LogP contribution in [-0.4, -0.2) is 19.3 Å². The van der Waals surface area contributed by atoms with Gasteiger partial charge in [-0.25, -0.2) is 9.67 Å². The minimum Gasteiger partial charge on any atom is -0.457 e. The van der Waals surface area contributed by atoms with Crippen LogP contribution in [0, 0.1) is 0 Å². The molecule has 0 aliphatic carbocycles. The van der Waals surface area contributed by atoms with Crippen LogP contribution in [-0.2, 0) is 27.1 Å². The van der Waals surface area contributed by atoms with Gasteiger partial charge in [-0.1, -0.05) is 133 Å². The van der Waals surface area contributed by atoms with Crippen LogP contribution in [0.1, 0.15) is 131 Å². The minimum atomic E-state index is -0.212. The molecule has 0 saturated heterocycles. The van der Waals surface area contributed by atoms with Crippen molar-refractivity contribution in [3.8, 4) is 23.0 Å². The van der Waals surface area contributed by atoms with E-state index in [9.17, 15) is 0 Å². The van der Waals surface area contributed by atoms with Crippen LogP contribution in [0.25, 0.3) is 33.3 Å². The summed E-state index contributed by atoms with van der Waals surface area (Å²) in [5.41, 5.74) is 9.86. The predicted molar refractivity (Wildman–Crippen MR) is 236 cm³/mol. The van der Waals surface area contributed by atoms with Crippen molar-refractivity contribution < 1.29 is 4.74 Å². The van der Waals surface area contributed by atoms with Crippen molar-refractivity contribution in [3.63, 3.8) is 0 Å². The zero-order chi connectivity index (χ0) is 40.6. The highest BCUT2D eigenvalue weighted by Crippen LogP contribution is 2.40. The second-order valence-corrected chi connectivity index (χ2v) is 20.3. The summed E-state index contributed by atoms with van der Waals surface area (Å²) in [4.78, 5) is 5.02. The van der Waals surface area contributed by atoms with Gasteiger partial charge in [-0.05, 0) is 87.7 Å². The van der Waals surface area contributed by atoms with Crippen molar-refractivity contribution >= 4 is 21.8 Å². The molecule has 7 rings (SSSR count). The van der Waals surface area contributed by atoms with E-state index >= 15 is 0 Å². The van der Waals surface area contributed by atoms with E-state index in [0.29, 0.717) is 0 Å². The monoisotopic (exact) mass is 744 g/mol. The number of ether oxygens (including phenoxy) is 1. The molecule has 0 bridgehead atoms. The van der Waals surface area contributed by atoms with Gasteiger partial charge in [0.15, 0.2) is 0 Å². The molecule has 5 nitrogen and oxygen atoms in total. The SMILES string of the molecule is CC(C)(C)c1cc(Oc2ccc3c4cc(C(C)(C)C)ccc4n(-c4cc(C(C)(C)c5ccccc5)ccn4)c3c2)cc(-n2nc(C(C)(C)C)cc2C(C)(C)C)c1. The standard InChI is InChI=1S/C51H60N4O/c1-47(2,3)34-20-23-42-41(28-34)40-22-21-38(31-43(40)54(42)46-29-35(24-25-52-46)51(13,14)33-18-16-15-17-19-33)56-39-27-36(48(4,5)6)26-37(30-39)55-45(50(10,11)12)32-44(53-55)49(7,8)9/h15-32H,1-14H3. The maximum Gasteiger partial charge on any atom is 0.137 e. The molecule has 0 spiro atoms. The molecule has 0 N–H and O–H groups in total. The Hall–Kier alpha value is -5.16. The van der Waals surface area contributed by atoms with E-state index in [1.807, 2.05) is 6.20 Å². The molecule has 7 aromatic rings. The van der Waals surface area contributed by atoms with Gasteiger partial charge in [-0.15, -0.1) is 0 Å². The third kappa shape index (κ3) is 7.41. The van der Waals surface area contributed by atoms with E-state index in [1.165, 1.54) is 33.3 Å². The predicted octanol–water partition coefficient (Wildman–Crippen LogP) is 13.7. The molecule has 0 atom stereocenters. The number of rotatable bonds is 6. The van der Waals surface area contributed by atoms with Gasteiger partial charge >= 0.3 is 0 Å². The molecule has 5 heteroatoms. The lowest BCUT2D eigenvalue weighted by molar-refractivity contribution is 0.477. The van der Waals surface area contributed by atoms with Crippen LogP contribution in [0.5, 0.6) is 11.5 Å². The summed E-state index contributed by atoms with van der Waals surface area (Å²) in [6.07, 6.45) is 1.95.